The molecule has 212 valence electrons. The predicted molar refractivity (Wildman–Crippen MR) is 165 cm³/mol. The summed E-state index contributed by atoms with van der Waals surface area (Å²) in [4.78, 5) is 17.7. The summed E-state index contributed by atoms with van der Waals surface area (Å²) in [6, 6.07) is 14.1. The van der Waals surface area contributed by atoms with Crippen LogP contribution >= 0.6 is 23.2 Å². The van der Waals surface area contributed by atoms with Crippen molar-refractivity contribution >= 4 is 29.1 Å². The van der Waals surface area contributed by atoms with E-state index >= 15 is 0 Å². The van der Waals surface area contributed by atoms with Crippen LogP contribution in [-0.2, 0) is 18.4 Å². The predicted octanol–water partition coefficient (Wildman–Crippen LogP) is 7.29. The Morgan fingerprint density at radius 1 is 1.15 bits per heavy atom. The zero-order chi connectivity index (χ0) is 28.7. The van der Waals surface area contributed by atoms with Gasteiger partial charge in [0.2, 0.25) is 0 Å². The number of nitrogens with zero attached hydrogens (tertiary/aromatic N) is 3. The number of likely N-dealkylation sites (N-methyl/N-ethyl adjacent to an activating group) is 1. The number of fused-ring (bicyclic) bond motifs is 1. The van der Waals surface area contributed by atoms with E-state index in [4.69, 9.17) is 23.2 Å². The fourth-order valence-corrected chi connectivity index (χ4v) is 6.98. The summed E-state index contributed by atoms with van der Waals surface area (Å²) in [6.07, 6.45) is 9.30. The van der Waals surface area contributed by atoms with E-state index in [-0.39, 0.29) is 11.9 Å². The van der Waals surface area contributed by atoms with E-state index < -0.39 is 5.41 Å². The van der Waals surface area contributed by atoms with Crippen LogP contribution in [-0.4, -0.2) is 48.4 Å². The standard InChI is InChI=1S/C33H40Cl2N4O/c1-4-5-16-30(24(2)37-3)39-22-27-25(12-9-13-26(27)32(39)40)11-7-6-8-19-38-20-17-33(23-36,18-21-38)31-28(34)14-10-15-29(31)35/h4,9-10,12-15,30,37H,1-2,5-8,11,16-22H2,3H3. The van der Waals surface area contributed by atoms with Crippen molar-refractivity contribution in [3.63, 3.8) is 0 Å². The summed E-state index contributed by atoms with van der Waals surface area (Å²) < 4.78 is 0. The quantitative estimate of drug-likeness (QED) is 0.200. The largest absolute Gasteiger partial charge is 0.390 e. The van der Waals surface area contributed by atoms with Crippen molar-refractivity contribution in [3.05, 3.63) is 93.6 Å². The third-order valence-electron chi connectivity index (χ3n) is 8.62. The van der Waals surface area contributed by atoms with Gasteiger partial charge in [0.05, 0.1) is 17.5 Å². The number of carbonyl (C=O) groups excluding carboxylic acids is 1. The molecular formula is C33H40Cl2N4O. The monoisotopic (exact) mass is 578 g/mol. The Bertz CT molecular complexity index is 1260. The van der Waals surface area contributed by atoms with Crippen LogP contribution < -0.4 is 5.32 Å². The van der Waals surface area contributed by atoms with Gasteiger partial charge in [0.15, 0.2) is 0 Å². The lowest BCUT2D eigenvalue weighted by atomic mass is 9.74. The number of allylic oxidation sites excluding steroid dienone is 1. The molecule has 0 bridgehead atoms. The van der Waals surface area contributed by atoms with Crippen molar-refractivity contribution in [1.82, 2.24) is 15.1 Å². The molecule has 1 N–H and O–H groups in total. The summed E-state index contributed by atoms with van der Waals surface area (Å²) in [6.45, 7) is 11.4. The van der Waals surface area contributed by atoms with Crippen LogP contribution in [0.2, 0.25) is 10.0 Å². The maximum absolute atomic E-state index is 13.3. The fraction of sp³-hybridized carbons (Fsp3) is 0.455. The van der Waals surface area contributed by atoms with Gasteiger partial charge < -0.3 is 15.1 Å². The van der Waals surface area contributed by atoms with Gasteiger partial charge in [-0.1, -0.05) is 60.5 Å². The second-order valence-corrected chi connectivity index (χ2v) is 11.8. The SMILES string of the molecule is C=CCCC(C(=C)NC)N1Cc2c(CCCCCN3CCC(C#N)(c4c(Cl)cccc4Cl)CC3)cccc2C1=O. The van der Waals surface area contributed by atoms with Crippen LogP contribution in [0.15, 0.2) is 61.3 Å². The Morgan fingerprint density at radius 2 is 1.85 bits per heavy atom. The Balaban J connectivity index is 1.28. The smallest absolute Gasteiger partial charge is 0.255 e. The van der Waals surface area contributed by atoms with Crippen molar-refractivity contribution < 1.29 is 4.79 Å². The number of aryl methyl sites for hydroxylation is 1. The van der Waals surface area contributed by atoms with Crippen molar-refractivity contribution in [2.45, 2.75) is 69.4 Å². The Morgan fingerprint density at radius 3 is 2.50 bits per heavy atom. The van der Waals surface area contributed by atoms with Gasteiger partial charge in [-0.15, -0.1) is 6.58 Å². The molecule has 4 rings (SSSR count). The van der Waals surface area contributed by atoms with E-state index in [1.165, 1.54) is 11.1 Å². The van der Waals surface area contributed by atoms with Gasteiger partial charge in [0.1, 0.15) is 0 Å². The zero-order valence-electron chi connectivity index (χ0n) is 23.5. The van der Waals surface area contributed by atoms with E-state index in [0.717, 1.165) is 87.8 Å². The molecule has 0 saturated carbocycles. The number of nitriles is 1. The number of carbonyl (C=O) groups is 1. The fourth-order valence-electron chi connectivity index (χ4n) is 6.22. The third-order valence-corrected chi connectivity index (χ3v) is 9.25. The molecule has 1 atom stereocenters. The summed E-state index contributed by atoms with van der Waals surface area (Å²) >= 11 is 12.9. The number of amides is 1. The Hall–Kier alpha value is -2.78. The summed E-state index contributed by atoms with van der Waals surface area (Å²) in [5.74, 6) is 0.0962. The van der Waals surface area contributed by atoms with Crippen LogP contribution in [0, 0.1) is 11.3 Å². The van der Waals surface area contributed by atoms with Crippen LogP contribution in [0.1, 0.15) is 72.0 Å². The van der Waals surface area contributed by atoms with Gasteiger partial charge in [-0.2, -0.15) is 5.26 Å². The number of likely N-dealkylation sites (tertiary alicyclic amines) is 1. The summed E-state index contributed by atoms with van der Waals surface area (Å²) in [7, 11) is 1.86. The highest BCUT2D eigenvalue weighted by atomic mass is 35.5. The van der Waals surface area contributed by atoms with Gasteiger partial charge in [-0.3, -0.25) is 4.79 Å². The Labute approximate surface area is 249 Å². The molecule has 1 unspecified atom stereocenters. The van der Waals surface area contributed by atoms with Gasteiger partial charge in [-0.05, 0) is 93.9 Å². The summed E-state index contributed by atoms with van der Waals surface area (Å²) in [5, 5.41) is 14.4. The van der Waals surface area contributed by atoms with Gasteiger partial charge >= 0.3 is 0 Å². The number of hydrogen-bond acceptors (Lipinski definition) is 4. The number of piperidine rings is 1. The van der Waals surface area contributed by atoms with Gasteiger partial charge in [-0.25, -0.2) is 0 Å². The second kappa shape index (κ2) is 13.7. The topological polar surface area (TPSA) is 59.4 Å². The maximum Gasteiger partial charge on any atom is 0.255 e. The Kier molecular flexibility index (Phi) is 10.4. The first-order valence-electron chi connectivity index (χ1n) is 14.3. The average molecular weight is 580 g/mol. The minimum Gasteiger partial charge on any atom is -0.390 e. The van der Waals surface area contributed by atoms with Crippen LogP contribution in [0.5, 0.6) is 0 Å². The average Bonchev–Trinajstić information content (AvgIpc) is 3.30. The van der Waals surface area contributed by atoms with Crippen LogP contribution in [0.4, 0.5) is 0 Å². The van der Waals surface area contributed by atoms with Crippen LogP contribution in [0.25, 0.3) is 0 Å². The normalized spacial score (nSPS) is 17.2. The molecule has 1 amide bonds. The van der Waals surface area contributed by atoms with Gasteiger partial charge in [0, 0.05) is 40.5 Å². The van der Waals surface area contributed by atoms with Crippen molar-refractivity contribution in [2.75, 3.05) is 26.7 Å². The van der Waals surface area contributed by atoms with Crippen molar-refractivity contribution in [3.8, 4) is 6.07 Å². The van der Waals surface area contributed by atoms with Crippen molar-refractivity contribution in [2.24, 2.45) is 0 Å². The molecule has 2 aromatic rings. The molecule has 1 saturated heterocycles. The minimum atomic E-state index is -0.616. The lowest BCUT2D eigenvalue weighted by Crippen LogP contribution is -2.42. The highest BCUT2D eigenvalue weighted by Crippen LogP contribution is 2.42. The molecule has 0 aromatic heterocycles. The van der Waals surface area contributed by atoms with E-state index in [1.807, 2.05) is 48.4 Å². The lowest BCUT2D eigenvalue weighted by molar-refractivity contribution is 0.0719. The lowest BCUT2D eigenvalue weighted by Gasteiger charge is -2.38. The molecular weight excluding hydrogens is 539 g/mol. The van der Waals surface area contributed by atoms with E-state index in [1.54, 1.807) is 0 Å². The first kappa shape index (κ1) is 30.2. The van der Waals surface area contributed by atoms with E-state index in [9.17, 15) is 10.1 Å². The van der Waals surface area contributed by atoms with Crippen LogP contribution in [0.3, 0.4) is 0 Å². The molecule has 2 aliphatic heterocycles. The number of benzene rings is 2. The number of halogens is 2. The second-order valence-electron chi connectivity index (χ2n) is 11.0. The molecule has 7 heteroatoms. The number of rotatable bonds is 13. The highest BCUT2D eigenvalue weighted by molar-refractivity contribution is 6.36. The van der Waals surface area contributed by atoms with Crippen molar-refractivity contribution in [1.29, 1.82) is 5.26 Å². The molecule has 5 nitrogen and oxygen atoms in total. The maximum atomic E-state index is 13.3. The molecule has 0 aliphatic carbocycles. The summed E-state index contributed by atoms with van der Waals surface area (Å²) in [5.41, 5.74) is 4.31. The molecule has 0 radical (unpaired) electrons. The molecule has 2 aromatic carbocycles. The molecule has 0 spiro atoms. The first-order valence-corrected chi connectivity index (χ1v) is 15.1. The molecule has 40 heavy (non-hydrogen) atoms. The molecule has 2 aliphatic rings. The molecule has 1 fully saturated rings. The molecule has 2 heterocycles. The number of hydrogen-bond donors (Lipinski definition) is 1. The minimum absolute atomic E-state index is 0.0472. The first-order chi connectivity index (χ1) is 19.3. The van der Waals surface area contributed by atoms with E-state index in [2.05, 4.69) is 35.5 Å². The number of nitrogens with one attached hydrogen (secondary N) is 1. The zero-order valence-corrected chi connectivity index (χ0v) is 25.0. The third kappa shape index (κ3) is 6.41. The highest BCUT2D eigenvalue weighted by Gasteiger charge is 2.39. The van der Waals surface area contributed by atoms with E-state index in [0.29, 0.717) is 16.6 Å². The van der Waals surface area contributed by atoms with Gasteiger partial charge in [0.25, 0.3) is 5.91 Å². The number of unbranched alkanes of at least 4 members (excludes halogenated alkanes) is 2.